The van der Waals surface area contributed by atoms with Gasteiger partial charge in [-0.05, 0) is 55.4 Å². The summed E-state index contributed by atoms with van der Waals surface area (Å²) in [7, 11) is 0. The van der Waals surface area contributed by atoms with Crippen molar-refractivity contribution in [2.45, 2.75) is 39.2 Å². The molecule has 2 aliphatic heterocycles. The molecule has 0 amide bonds. The number of rotatable bonds is 3. The summed E-state index contributed by atoms with van der Waals surface area (Å²) in [4.78, 5) is 17.6. The van der Waals surface area contributed by atoms with Crippen LogP contribution in [0.15, 0.2) is 41.5 Å². The first-order valence-electron chi connectivity index (χ1n) is 11.4. The van der Waals surface area contributed by atoms with Crippen LogP contribution < -0.4 is 4.90 Å². The van der Waals surface area contributed by atoms with Crippen molar-refractivity contribution < 1.29 is 9.53 Å². The van der Waals surface area contributed by atoms with Crippen molar-refractivity contribution >= 4 is 34.9 Å². The fourth-order valence-electron chi connectivity index (χ4n) is 5.99. The van der Waals surface area contributed by atoms with E-state index >= 15 is 0 Å². The molecule has 2 fully saturated rings. The Morgan fingerprint density at radius 2 is 1.94 bits per heavy atom. The second-order valence-electron chi connectivity index (χ2n) is 9.82. The highest BCUT2D eigenvalue weighted by Gasteiger charge is 2.51. The maximum atomic E-state index is 12.8. The third kappa shape index (κ3) is 3.92. The highest BCUT2D eigenvalue weighted by Crippen LogP contribution is 2.52. The lowest BCUT2D eigenvalue weighted by Gasteiger charge is -2.43. The molecule has 0 unspecified atom stereocenters. The number of nitrogens with zero attached hydrogens (tertiary/aromatic N) is 2. The molecule has 2 aliphatic carbocycles. The lowest BCUT2D eigenvalue weighted by atomic mass is 9.62. The largest absolute Gasteiger partial charge is 0.461 e. The van der Waals surface area contributed by atoms with Gasteiger partial charge in [0.2, 0.25) is 0 Å². The lowest BCUT2D eigenvalue weighted by Crippen LogP contribution is -2.49. The smallest absolute Gasteiger partial charge is 0.311 e. The van der Waals surface area contributed by atoms with Crippen LogP contribution in [0.4, 0.5) is 5.69 Å². The number of hydrogen-bond acceptors (Lipinski definition) is 4. The van der Waals surface area contributed by atoms with Crippen LogP contribution >= 0.6 is 23.2 Å². The number of fused-ring (bicyclic) bond motifs is 2. The van der Waals surface area contributed by atoms with Crippen LogP contribution in [0.25, 0.3) is 0 Å². The maximum absolute atomic E-state index is 12.8. The van der Waals surface area contributed by atoms with Gasteiger partial charge in [0.25, 0.3) is 0 Å². The summed E-state index contributed by atoms with van der Waals surface area (Å²) in [5.41, 5.74) is 4.10. The van der Waals surface area contributed by atoms with Crippen LogP contribution in [0.1, 0.15) is 33.1 Å². The molecule has 6 heteroatoms. The Balaban J connectivity index is 1.26. The topological polar surface area (TPSA) is 32.8 Å². The van der Waals surface area contributed by atoms with Gasteiger partial charge in [0.05, 0.1) is 16.0 Å². The zero-order valence-corrected chi connectivity index (χ0v) is 19.8. The molecule has 0 radical (unpaired) electrons. The van der Waals surface area contributed by atoms with Gasteiger partial charge in [-0.2, -0.15) is 0 Å². The van der Waals surface area contributed by atoms with Gasteiger partial charge in [0, 0.05) is 44.3 Å². The number of allylic oxidation sites excluding steroid dienone is 3. The van der Waals surface area contributed by atoms with Crippen molar-refractivity contribution in [1.29, 1.82) is 0 Å². The van der Waals surface area contributed by atoms with Gasteiger partial charge in [0.15, 0.2) is 0 Å². The Kier molecular flexibility index (Phi) is 5.60. The average Bonchev–Trinajstić information content (AvgIpc) is 3.03. The molecular weight excluding hydrogens is 431 g/mol. The van der Waals surface area contributed by atoms with Gasteiger partial charge >= 0.3 is 5.97 Å². The predicted octanol–water partition coefficient (Wildman–Crippen LogP) is 5.35. The van der Waals surface area contributed by atoms with Gasteiger partial charge in [-0.25, -0.2) is 0 Å². The SMILES string of the molecule is CC1=CCC[C@]2(C)C[C@H]3OC(=O)[C@H](CN4CCN(c5ccc(Cl)c(Cl)c5)CC4)[C@H]3C=C12. The molecule has 0 spiro atoms. The second-order valence-corrected chi connectivity index (χ2v) is 10.6. The van der Waals surface area contributed by atoms with E-state index < -0.39 is 0 Å². The zero-order chi connectivity index (χ0) is 21.8. The molecule has 0 N–H and O–H groups in total. The summed E-state index contributed by atoms with van der Waals surface area (Å²) in [6.45, 7) is 9.01. The van der Waals surface area contributed by atoms with E-state index in [0.717, 1.165) is 57.7 Å². The minimum atomic E-state index is -0.0618. The van der Waals surface area contributed by atoms with E-state index in [-0.39, 0.29) is 29.3 Å². The number of carbonyl (C=O) groups excluding carboxylic acids is 1. The predicted molar refractivity (Wildman–Crippen MR) is 126 cm³/mol. The summed E-state index contributed by atoms with van der Waals surface area (Å²) >= 11 is 12.3. The Hall–Kier alpha value is -1.49. The molecule has 4 nitrogen and oxygen atoms in total. The molecular formula is C25H30Cl2N2O2. The van der Waals surface area contributed by atoms with Crippen LogP contribution in [0.3, 0.4) is 0 Å². The Morgan fingerprint density at radius 3 is 2.68 bits per heavy atom. The Labute approximate surface area is 194 Å². The van der Waals surface area contributed by atoms with Gasteiger partial charge in [-0.15, -0.1) is 0 Å². The molecule has 1 aromatic carbocycles. The molecule has 0 bridgehead atoms. The number of anilines is 1. The summed E-state index contributed by atoms with van der Waals surface area (Å²) in [6.07, 6.45) is 8.01. The molecule has 4 aliphatic rings. The number of hydrogen-bond donors (Lipinski definition) is 0. The molecule has 31 heavy (non-hydrogen) atoms. The summed E-state index contributed by atoms with van der Waals surface area (Å²) in [6, 6.07) is 5.81. The number of carbonyl (C=O) groups is 1. The number of benzene rings is 1. The van der Waals surface area contributed by atoms with Gasteiger partial charge in [0.1, 0.15) is 6.10 Å². The quantitative estimate of drug-likeness (QED) is 0.569. The Morgan fingerprint density at radius 1 is 1.16 bits per heavy atom. The van der Waals surface area contributed by atoms with Crippen molar-refractivity contribution in [3.8, 4) is 0 Å². The third-order valence-electron chi connectivity index (χ3n) is 7.79. The first-order chi connectivity index (χ1) is 14.8. The number of esters is 1. The number of piperazine rings is 1. The molecule has 166 valence electrons. The van der Waals surface area contributed by atoms with E-state index in [2.05, 4.69) is 35.8 Å². The molecule has 0 saturated carbocycles. The first-order valence-corrected chi connectivity index (χ1v) is 12.1. The lowest BCUT2D eigenvalue weighted by molar-refractivity contribution is -0.145. The highest BCUT2D eigenvalue weighted by molar-refractivity contribution is 6.42. The molecule has 4 atom stereocenters. The second kappa shape index (κ2) is 8.13. The highest BCUT2D eigenvalue weighted by atomic mass is 35.5. The Bertz CT molecular complexity index is 951. The van der Waals surface area contributed by atoms with E-state index in [9.17, 15) is 4.79 Å². The van der Waals surface area contributed by atoms with Crippen molar-refractivity contribution in [3.05, 3.63) is 51.5 Å². The fourth-order valence-corrected chi connectivity index (χ4v) is 6.28. The minimum absolute atomic E-state index is 0.0114. The van der Waals surface area contributed by atoms with E-state index in [1.165, 1.54) is 11.1 Å². The van der Waals surface area contributed by atoms with Gasteiger partial charge < -0.3 is 9.64 Å². The maximum Gasteiger partial charge on any atom is 0.311 e. The van der Waals surface area contributed by atoms with Gasteiger partial charge in [-0.1, -0.05) is 47.9 Å². The first kappa shape index (κ1) is 21.4. The van der Waals surface area contributed by atoms with Crippen LogP contribution in [-0.4, -0.2) is 49.7 Å². The van der Waals surface area contributed by atoms with Crippen LogP contribution in [0.5, 0.6) is 0 Å². The van der Waals surface area contributed by atoms with Crippen LogP contribution in [0, 0.1) is 17.3 Å². The van der Waals surface area contributed by atoms with Crippen molar-refractivity contribution in [2.24, 2.45) is 17.3 Å². The standard InChI is InChI=1S/C25H30Cl2N2O2/c1-16-4-3-7-25(2)14-23-18(13-20(16)25)19(24(30)31-23)15-28-8-10-29(11-9-28)17-5-6-21(26)22(27)12-17/h4-6,12-13,18-19,23H,3,7-11,14-15H2,1-2H3/t18-,19-,23-,25-/m1/s1. The van der Waals surface area contributed by atoms with E-state index in [1.807, 2.05) is 18.2 Å². The molecule has 5 rings (SSSR count). The zero-order valence-electron chi connectivity index (χ0n) is 18.2. The molecule has 1 aromatic rings. The summed E-state index contributed by atoms with van der Waals surface area (Å²) in [5, 5.41) is 1.17. The third-order valence-corrected chi connectivity index (χ3v) is 8.53. The number of ether oxygens (including phenoxy) is 1. The fraction of sp³-hybridized carbons (Fsp3) is 0.560. The molecule has 2 saturated heterocycles. The van der Waals surface area contributed by atoms with Crippen LogP contribution in [0.2, 0.25) is 10.0 Å². The van der Waals surface area contributed by atoms with E-state index in [4.69, 9.17) is 27.9 Å². The van der Waals surface area contributed by atoms with Crippen molar-refractivity contribution in [2.75, 3.05) is 37.6 Å². The number of halogens is 2. The van der Waals surface area contributed by atoms with Gasteiger partial charge in [-0.3, -0.25) is 9.69 Å². The molecule has 0 aromatic heterocycles. The minimum Gasteiger partial charge on any atom is -0.461 e. The van der Waals surface area contributed by atoms with Crippen LogP contribution in [-0.2, 0) is 9.53 Å². The molecule has 2 heterocycles. The summed E-state index contributed by atoms with van der Waals surface area (Å²) in [5.74, 6) is 0.126. The van der Waals surface area contributed by atoms with Crippen molar-refractivity contribution in [1.82, 2.24) is 4.90 Å². The monoisotopic (exact) mass is 460 g/mol. The normalized spacial score (nSPS) is 33.4. The van der Waals surface area contributed by atoms with Crippen molar-refractivity contribution in [3.63, 3.8) is 0 Å². The summed E-state index contributed by atoms with van der Waals surface area (Å²) < 4.78 is 5.92. The van der Waals surface area contributed by atoms with E-state index in [1.54, 1.807) is 0 Å². The average molecular weight is 461 g/mol. The van der Waals surface area contributed by atoms with E-state index in [0.29, 0.717) is 10.0 Å².